The Hall–Kier alpha value is -1.71. The predicted molar refractivity (Wildman–Crippen MR) is 74.8 cm³/mol. The summed E-state index contributed by atoms with van der Waals surface area (Å²) in [4.78, 5) is 4.31. The van der Waals surface area contributed by atoms with E-state index in [1.54, 1.807) is 18.2 Å². The van der Waals surface area contributed by atoms with Gasteiger partial charge in [0, 0.05) is 5.02 Å². The normalized spacial score (nSPS) is 10.8. The van der Waals surface area contributed by atoms with Gasteiger partial charge in [-0.25, -0.2) is 4.98 Å². The molecular weight excluding hydrogens is 285 g/mol. The lowest BCUT2D eigenvalue weighted by Crippen LogP contribution is -1.95. The van der Waals surface area contributed by atoms with Gasteiger partial charge in [-0.05, 0) is 30.3 Å². The predicted octanol–water partition coefficient (Wildman–Crippen LogP) is 4.71. The molecule has 0 radical (unpaired) electrons. The second kappa shape index (κ2) is 5.11. The van der Waals surface area contributed by atoms with E-state index in [-0.39, 0.29) is 6.61 Å². The highest BCUT2D eigenvalue weighted by atomic mass is 35.5. The molecule has 1 aromatic heterocycles. The summed E-state index contributed by atoms with van der Waals surface area (Å²) >= 11 is 11.8. The number of benzene rings is 2. The lowest BCUT2D eigenvalue weighted by atomic mass is 10.3. The molecule has 0 unspecified atom stereocenters. The van der Waals surface area contributed by atoms with Crippen LogP contribution >= 0.6 is 23.2 Å². The lowest BCUT2D eigenvalue weighted by Gasteiger charge is -2.05. The van der Waals surface area contributed by atoms with E-state index in [1.165, 1.54) is 0 Å². The summed E-state index contributed by atoms with van der Waals surface area (Å²) in [6.45, 7) is 0.218. The largest absolute Gasteiger partial charge is 0.482 e. The Labute approximate surface area is 119 Å². The van der Waals surface area contributed by atoms with E-state index < -0.39 is 0 Å². The molecule has 2 aromatic carbocycles. The molecule has 96 valence electrons. The monoisotopic (exact) mass is 293 g/mol. The molecule has 1 heterocycles. The van der Waals surface area contributed by atoms with Gasteiger partial charge in [0.2, 0.25) is 5.89 Å². The zero-order chi connectivity index (χ0) is 13.2. The molecular formula is C14H9Cl2NO2. The van der Waals surface area contributed by atoms with Crippen LogP contribution in [0, 0.1) is 0 Å². The number of hydrogen-bond donors (Lipinski definition) is 0. The van der Waals surface area contributed by atoms with Gasteiger partial charge in [-0.2, -0.15) is 0 Å². The van der Waals surface area contributed by atoms with Gasteiger partial charge in [-0.3, -0.25) is 0 Å². The van der Waals surface area contributed by atoms with E-state index >= 15 is 0 Å². The first-order chi connectivity index (χ1) is 9.22. The average Bonchev–Trinajstić information content (AvgIpc) is 2.80. The molecule has 3 rings (SSSR count). The van der Waals surface area contributed by atoms with Crippen LogP contribution in [0.4, 0.5) is 0 Å². The minimum absolute atomic E-state index is 0.218. The van der Waals surface area contributed by atoms with E-state index in [2.05, 4.69) is 4.98 Å². The van der Waals surface area contributed by atoms with Gasteiger partial charge < -0.3 is 9.15 Å². The van der Waals surface area contributed by atoms with Gasteiger partial charge in [0.25, 0.3) is 0 Å². The van der Waals surface area contributed by atoms with Crippen molar-refractivity contribution in [2.24, 2.45) is 0 Å². The fourth-order valence-electron chi connectivity index (χ4n) is 1.71. The van der Waals surface area contributed by atoms with Crippen molar-refractivity contribution in [3.8, 4) is 5.75 Å². The number of ether oxygens (including phenoxy) is 1. The summed E-state index contributed by atoms with van der Waals surface area (Å²) in [6, 6.07) is 12.6. The molecule has 0 saturated heterocycles. The fourth-order valence-corrected chi connectivity index (χ4v) is 2.18. The molecule has 0 saturated carbocycles. The third kappa shape index (κ3) is 2.67. The van der Waals surface area contributed by atoms with E-state index in [0.717, 1.165) is 11.1 Å². The zero-order valence-electron chi connectivity index (χ0n) is 9.77. The summed E-state index contributed by atoms with van der Waals surface area (Å²) in [5.74, 6) is 1.06. The summed E-state index contributed by atoms with van der Waals surface area (Å²) < 4.78 is 11.1. The van der Waals surface area contributed by atoms with Crippen LogP contribution < -0.4 is 4.74 Å². The van der Waals surface area contributed by atoms with Crippen molar-refractivity contribution >= 4 is 34.3 Å². The molecule has 0 aliphatic heterocycles. The highest BCUT2D eigenvalue weighted by Crippen LogP contribution is 2.28. The van der Waals surface area contributed by atoms with Crippen molar-refractivity contribution in [3.05, 3.63) is 58.4 Å². The van der Waals surface area contributed by atoms with Gasteiger partial charge in [0.1, 0.15) is 11.3 Å². The van der Waals surface area contributed by atoms with Crippen LogP contribution in [0.1, 0.15) is 5.89 Å². The number of rotatable bonds is 3. The summed E-state index contributed by atoms with van der Waals surface area (Å²) in [7, 11) is 0. The Balaban J connectivity index is 1.78. The second-order valence-electron chi connectivity index (χ2n) is 3.94. The van der Waals surface area contributed by atoms with Gasteiger partial charge >= 0.3 is 0 Å². The summed E-state index contributed by atoms with van der Waals surface area (Å²) in [6.07, 6.45) is 0. The van der Waals surface area contributed by atoms with Crippen molar-refractivity contribution in [1.29, 1.82) is 0 Å². The number of para-hydroxylation sites is 2. The van der Waals surface area contributed by atoms with Crippen LogP contribution in [-0.2, 0) is 6.61 Å². The average molecular weight is 294 g/mol. The van der Waals surface area contributed by atoms with Gasteiger partial charge in [0.05, 0.1) is 5.02 Å². The van der Waals surface area contributed by atoms with Crippen LogP contribution in [0.5, 0.6) is 5.75 Å². The number of oxazole rings is 1. The van der Waals surface area contributed by atoms with Crippen LogP contribution in [0.3, 0.4) is 0 Å². The first-order valence-electron chi connectivity index (χ1n) is 5.65. The van der Waals surface area contributed by atoms with Crippen molar-refractivity contribution < 1.29 is 9.15 Å². The Kier molecular flexibility index (Phi) is 3.32. The number of aromatic nitrogens is 1. The second-order valence-corrected chi connectivity index (χ2v) is 4.78. The maximum Gasteiger partial charge on any atom is 0.233 e. The van der Waals surface area contributed by atoms with Crippen molar-refractivity contribution in [2.75, 3.05) is 0 Å². The van der Waals surface area contributed by atoms with Gasteiger partial charge in [-0.15, -0.1) is 0 Å². The number of halogens is 2. The summed E-state index contributed by atoms with van der Waals surface area (Å²) in [5.41, 5.74) is 1.55. The Morgan fingerprint density at radius 1 is 1.11 bits per heavy atom. The fraction of sp³-hybridized carbons (Fsp3) is 0.0714. The zero-order valence-corrected chi connectivity index (χ0v) is 11.3. The Bertz CT molecular complexity index is 691. The molecule has 0 bridgehead atoms. The molecule has 5 heteroatoms. The molecule has 0 atom stereocenters. The van der Waals surface area contributed by atoms with E-state index in [4.69, 9.17) is 32.4 Å². The van der Waals surface area contributed by atoms with Gasteiger partial charge in [0.15, 0.2) is 12.2 Å². The van der Waals surface area contributed by atoms with Crippen LogP contribution in [0.25, 0.3) is 11.1 Å². The van der Waals surface area contributed by atoms with Crippen LogP contribution in [0.15, 0.2) is 46.9 Å². The molecule has 0 aliphatic carbocycles. The smallest absolute Gasteiger partial charge is 0.233 e. The molecule has 0 aliphatic rings. The molecule has 0 amide bonds. The summed E-state index contributed by atoms with van der Waals surface area (Å²) in [5, 5.41) is 1.03. The highest BCUT2D eigenvalue weighted by molar-refractivity contribution is 6.35. The molecule has 0 spiro atoms. The number of hydrogen-bond acceptors (Lipinski definition) is 3. The Morgan fingerprint density at radius 3 is 2.74 bits per heavy atom. The van der Waals surface area contributed by atoms with E-state index in [0.29, 0.717) is 21.7 Å². The molecule has 3 aromatic rings. The highest BCUT2D eigenvalue weighted by Gasteiger charge is 2.07. The van der Waals surface area contributed by atoms with Gasteiger partial charge in [-0.1, -0.05) is 35.3 Å². The number of nitrogens with zero attached hydrogens (tertiary/aromatic N) is 1. The minimum atomic E-state index is 0.218. The lowest BCUT2D eigenvalue weighted by molar-refractivity contribution is 0.267. The van der Waals surface area contributed by atoms with Crippen LogP contribution in [-0.4, -0.2) is 4.98 Å². The standard InChI is InChI=1S/C14H9Cl2NO2/c15-9-5-6-12(10(16)7-9)18-8-14-17-11-3-1-2-4-13(11)19-14/h1-7H,8H2. The van der Waals surface area contributed by atoms with Crippen molar-refractivity contribution in [3.63, 3.8) is 0 Å². The van der Waals surface area contributed by atoms with Crippen LogP contribution in [0.2, 0.25) is 10.0 Å². The Morgan fingerprint density at radius 2 is 1.95 bits per heavy atom. The topological polar surface area (TPSA) is 35.3 Å². The first-order valence-corrected chi connectivity index (χ1v) is 6.40. The maximum atomic E-state index is 6.01. The minimum Gasteiger partial charge on any atom is -0.482 e. The quantitative estimate of drug-likeness (QED) is 0.701. The van der Waals surface area contributed by atoms with E-state index in [9.17, 15) is 0 Å². The first kappa shape index (κ1) is 12.3. The molecule has 0 fully saturated rings. The van der Waals surface area contributed by atoms with Crippen molar-refractivity contribution in [2.45, 2.75) is 6.61 Å². The SMILES string of the molecule is Clc1ccc(OCc2nc3ccccc3o2)c(Cl)c1. The number of fused-ring (bicyclic) bond motifs is 1. The molecule has 3 nitrogen and oxygen atoms in total. The van der Waals surface area contributed by atoms with Crippen molar-refractivity contribution in [1.82, 2.24) is 4.98 Å². The maximum absolute atomic E-state index is 6.01. The molecule has 19 heavy (non-hydrogen) atoms. The van der Waals surface area contributed by atoms with E-state index in [1.807, 2.05) is 24.3 Å². The third-order valence-corrected chi connectivity index (χ3v) is 3.11. The molecule has 0 N–H and O–H groups in total. The third-order valence-electron chi connectivity index (χ3n) is 2.58.